The Hall–Kier alpha value is -1.35. The highest BCUT2D eigenvalue weighted by Gasteiger charge is 2.52. The first kappa shape index (κ1) is 17.0. The molecule has 0 radical (unpaired) electrons. The first-order chi connectivity index (χ1) is 9.92. The van der Waals surface area contributed by atoms with Crippen molar-refractivity contribution in [1.82, 2.24) is 9.21 Å². The minimum atomic E-state index is -3.58. The number of sulfonamides is 1. The van der Waals surface area contributed by atoms with Crippen molar-refractivity contribution in [2.24, 2.45) is 5.41 Å². The Morgan fingerprint density at radius 1 is 1.27 bits per heavy atom. The maximum absolute atomic E-state index is 12.1. The zero-order chi connectivity index (χ0) is 16.8. The number of carboxylic acid groups (broad SMARTS) is 1. The monoisotopic (exact) mass is 334 g/mol. The molecule has 8 nitrogen and oxygen atoms in total. The standard InChI is InChI=1S/C13H22N2O6S/c1-12(2,3)21-11(18)14-5-4-13(7-14)8-15(6-10(16)17)22(19,20)9-13/h4-9H2,1-3H3,(H,16,17). The van der Waals surface area contributed by atoms with E-state index in [9.17, 15) is 18.0 Å². The van der Waals surface area contributed by atoms with E-state index in [2.05, 4.69) is 0 Å². The third kappa shape index (κ3) is 3.70. The number of aliphatic carboxylic acids is 1. The Kier molecular flexibility index (Phi) is 4.16. The average molecular weight is 334 g/mol. The van der Waals surface area contributed by atoms with Gasteiger partial charge in [-0.2, -0.15) is 4.31 Å². The van der Waals surface area contributed by atoms with E-state index in [4.69, 9.17) is 9.84 Å². The quantitative estimate of drug-likeness (QED) is 0.781. The summed E-state index contributed by atoms with van der Waals surface area (Å²) in [6, 6.07) is 0. The van der Waals surface area contributed by atoms with E-state index < -0.39 is 39.6 Å². The number of likely N-dealkylation sites (tertiary alicyclic amines) is 1. The number of carboxylic acids is 1. The van der Waals surface area contributed by atoms with Crippen molar-refractivity contribution in [3.63, 3.8) is 0 Å². The maximum atomic E-state index is 12.1. The van der Waals surface area contributed by atoms with Crippen molar-refractivity contribution in [2.75, 3.05) is 31.9 Å². The van der Waals surface area contributed by atoms with Gasteiger partial charge >= 0.3 is 12.1 Å². The first-order valence-corrected chi connectivity index (χ1v) is 8.71. The molecule has 0 aliphatic carbocycles. The van der Waals surface area contributed by atoms with Crippen molar-refractivity contribution in [2.45, 2.75) is 32.8 Å². The second kappa shape index (κ2) is 5.38. The summed E-state index contributed by atoms with van der Waals surface area (Å²) in [6.45, 7) is 5.61. The zero-order valence-electron chi connectivity index (χ0n) is 13.0. The lowest BCUT2D eigenvalue weighted by Crippen LogP contribution is -2.38. The van der Waals surface area contributed by atoms with Crippen molar-refractivity contribution >= 4 is 22.1 Å². The summed E-state index contributed by atoms with van der Waals surface area (Å²) in [5.74, 6) is -1.30. The van der Waals surface area contributed by atoms with E-state index in [1.807, 2.05) is 0 Å². The number of nitrogens with zero attached hydrogens (tertiary/aromatic N) is 2. The Morgan fingerprint density at radius 2 is 1.91 bits per heavy atom. The molecule has 1 unspecified atom stereocenters. The molecule has 2 saturated heterocycles. The van der Waals surface area contributed by atoms with Gasteiger partial charge in [-0.25, -0.2) is 13.2 Å². The van der Waals surface area contributed by atoms with E-state index in [1.54, 1.807) is 20.8 Å². The molecule has 2 heterocycles. The van der Waals surface area contributed by atoms with Crippen LogP contribution in [0.2, 0.25) is 0 Å². The van der Waals surface area contributed by atoms with Crippen LogP contribution in [0.5, 0.6) is 0 Å². The molecule has 1 N–H and O–H groups in total. The molecule has 22 heavy (non-hydrogen) atoms. The van der Waals surface area contributed by atoms with Gasteiger partial charge in [0.1, 0.15) is 12.1 Å². The smallest absolute Gasteiger partial charge is 0.410 e. The lowest BCUT2D eigenvalue weighted by Gasteiger charge is -2.26. The fraction of sp³-hybridized carbons (Fsp3) is 0.846. The van der Waals surface area contributed by atoms with E-state index in [1.165, 1.54) is 4.90 Å². The SMILES string of the molecule is CC(C)(C)OC(=O)N1CCC2(C1)CN(CC(=O)O)S(=O)(=O)C2. The third-order valence-electron chi connectivity index (χ3n) is 3.80. The third-order valence-corrected chi connectivity index (χ3v) is 5.82. The molecule has 0 aromatic rings. The normalized spacial score (nSPS) is 28.2. The van der Waals surface area contributed by atoms with E-state index in [0.29, 0.717) is 13.0 Å². The molecular formula is C13H22N2O6S. The molecule has 0 aromatic heterocycles. The number of ether oxygens (including phenoxy) is 1. The highest BCUT2D eigenvalue weighted by molar-refractivity contribution is 7.89. The summed E-state index contributed by atoms with van der Waals surface area (Å²) in [6.07, 6.45) is 0.0696. The van der Waals surface area contributed by atoms with Crippen LogP contribution in [-0.4, -0.2) is 72.3 Å². The van der Waals surface area contributed by atoms with Gasteiger partial charge in [-0.1, -0.05) is 0 Å². The van der Waals surface area contributed by atoms with Crippen LogP contribution in [-0.2, 0) is 19.6 Å². The van der Waals surface area contributed by atoms with Crippen LogP contribution in [0, 0.1) is 5.41 Å². The Labute approximate surface area is 130 Å². The summed E-state index contributed by atoms with van der Waals surface area (Å²) in [5, 5.41) is 8.81. The van der Waals surface area contributed by atoms with Crippen molar-refractivity contribution < 1.29 is 27.9 Å². The summed E-state index contributed by atoms with van der Waals surface area (Å²) in [7, 11) is -3.58. The topological polar surface area (TPSA) is 104 Å². The van der Waals surface area contributed by atoms with Crippen LogP contribution in [0.15, 0.2) is 0 Å². The van der Waals surface area contributed by atoms with Gasteiger partial charge in [-0.3, -0.25) is 4.79 Å². The van der Waals surface area contributed by atoms with Crippen molar-refractivity contribution in [3.05, 3.63) is 0 Å². The summed E-state index contributed by atoms with van der Waals surface area (Å²) < 4.78 is 30.5. The average Bonchev–Trinajstić information content (AvgIpc) is 2.78. The molecule has 1 amide bonds. The van der Waals surface area contributed by atoms with Crippen molar-refractivity contribution in [1.29, 1.82) is 0 Å². The molecular weight excluding hydrogens is 312 g/mol. The fourth-order valence-electron chi connectivity index (χ4n) is 2.97. The predicted molar refractivity (Wildman–Crippen MR) is 77.9 cm³/mol. The Bertz CT molecular complexity index is 582. The van der Waals surface area contributed by atoms with Gasteiger partial charge in [-0.15, -0.1) is 0 Å². The van der Waals surface area contributed by atoms with Gasteiger partial charge in [0, 0.05) is 25.0 Å². The summed E-state index contributed by atoms with van der Waals surface area (Å²) in [5.41, 5.74) is -1.20. The molecule has 2 aliphatic rings. The van der Waals surface area contributed by atoms with Gasteiger partial charge in [0.15, 0.2) is 0 Å². The highest BCUT2D eigenvalue weighted by Crippen LogP contribution is 2.39. The Balaban J connectivity index is 2.06. The number of rotatable bonds is 2. The second-order valence-corrected chi connectivity index (χ2v) is 9.04. The molecule has 0 bridgehead atoms. The van der Waals surface area contributed by atoms with Gasteiger partial charge in [0.05, 0.1) is 5.75 Å². The van der Waals surface area contributed by atoms with Crippen LogP contribution in [0.4, 0.5) is 4.79 Å². The molecule has 0 aromatic carbocycles. The molecule has 9 heteroatoms. The zero-order valence-corrected chi connectivity index (χ0v) is 13.9. The number of carbonyl (C=O) groups excluding carboxylic acids is 1. The first-order valence-electron chi connectivity index (χ1n) is 7.10. The maximum Gasteiger partial charge on any atom is 0.410 e. The van der Waals surface area contributed by atoms with Gasteiger partial charge in [-0.05, 0) is 27.2 Å². The van der Waals surface area contributed by atoms with E-state index in [0.717, 1.165) is 4.31 Å². The molecule has 1 spiro atoms. The summed E-state index contributed by atoms with van der Waals surface area (Å²) in [4.78, 5) is 24.4. The molecule has 2 rings (SSSR count). The van der Waals surface area contributed by atoms with Gasteiger partial charge in [0.2, 0.25) is 10.0 Å². The molecule has 1 atom stereocenters. The molecule has 2 fully saturated rings. The van der Waals surface area contributed by atoms with Gasteiger partial charge in [0.25, 0.3) is 0 Å². The number of hydrogen-bond donors (Lipinski definition) is 1. The highest BCUT2D eigenvalue weighted by atomic mass is 32.2. The predicted octanol–water partition coefficient (Wildman–Crippen LogP) is 0.344. The van der Waals surface area contributed by atoms with Crippen LogP contribution in [0.1, 0.15) is 27.2 Å². The largest absolute Gasteiger partial charge is 0.480 e. The molecule has 2 aliphatic heterocycles. The number of carbonyl (C=O) groups is 2. The molecule has 126 valence electrons. The van der Waals surface area contributed by atoms with Crippen LogP contribution in [0.3, 0.4) is 0 Å². The van der Waals surface area contributed by atoms with E-state index >= 15 is 0 Å². The van der Waals surface area contributed by atoms with Crippen LogP contribution in [0.25, 0.3) is 0 Å². The second-order valence-electron chi connectivity index (χ2n) is 7.07. The van der Waals surface area contributed by atoms with Crippen LogP contribution >= 0.6 is 0 Å². The van der Waals surface area contributed by atoms with Crippen molar-refractivity contribution in [3.8, 4) is 0 Å². The lowest BCUT2D eigenvalue weighted by molar-refractivity contribution is -0.137. The van der Waals surface area contributed by atoms with Gasteiger partial charge < -0.3 is 14.7 Å². The number of hydrogen-bond acceptors (Lipinski definition) is 5. The fourth-order valence-corrected chi connectivity index (χ4v) is 5.03. The van der Waals surface area contributed by atoms with E-state index in [-0.39, 0.29) is 18.8 Å². The minimum absolute atomic E-state index is 0.118. The summed E-state index contributed by atoms with van der Waals surface area (Å²) >= 11 is 0. The molecule has 0 saturated carbocycles. The minimum Gasteiger partial charge on any atom is -0.480 e. The lowest BCUT2D eigenvalue weighted by atomic mass is 9.90. The van der Waals surface area contributed by atoms with Crippen LogP contribution < -0.4 is 0 Å². The Morgan fingerprint density at radius 3 is 2.45 bits per heavy atom. The number of amides is 1.